The van der Waals surface area contributed by atoms with Crippen LogP contribution in [-0.2, 0) is 4.74 Å². The summed E-state index contributed by atoms with van der Waals surface area (Å²) in [5.41, 5.74) is 0. The Bertz CT molecular complexity index is 175. The summed E-state index contributed by atoms with van der Waals surface area (Å²) in [5, 5.41) is 3.06. The van der Waals surface area contributed by atoms with E-state index in [1.54, 1.807) is 0 Å². The second kappa shape index (κ2) is 7.91. The molecule has 0 N–H and O–H groups in total. The van der Waals surface area contributed by atoms with Gasteiger partial charge < -0.3 is 4.74 Å². The fraction of sp³-hybridized carbons (Fsp3) is 0.625. The predicted octanol–water partition coefficient (Wildman–Crippen LogP) is 2.41. The smallest absolute Gasteiger partial charge is 0.442 e. The molecule has 0 saturated heterocycles. The molecule has 0 bridgehead atoms. The molecule has 12 heavy (non-hydrogen) atoms. The van der Waals surface area contributed by atoms with Crippen molar-refractivity contribution in [3.63, 3.8) is 0 Å². The maximum atomic E-state index is 10.5. The molecule has 68 valence electrons. The van der Waals surface area contributed by atoms with Crippen LogP contribution in [0.25, 0.3) is 0 Å². The molecule has 0 unspecified atom stereocenters. The highest BCUT2D eigenvalue weighted by Crippen LogP contribution is 1.90. The Morgan fingerprint density at radius 3 is 2.92 bits per heavy atom. The lowest BCUT2D eigenvalue weighted by Gasteiger charge is -1.92. The van der Waals surface area contributed by atoms with Gasteiger partial charge in [-0.1, -0.05) is 19.1 Å². The maximum absolute atomic E-state index is 10.5. The van der Waals surface area contributed by atoms with Gasteiger partial charge in [-0.05, 0) is 12.8 Å². The fourth-order valence-corrected chi connectivity index (χ4v) is 0.600. The van der Waals surface area contributed by atoms with E-state index in [0.29, 0.717) is 6.61 Å². The minimum Gasteiger partial charge on any atom is -0.442 e. The number of amides is 1. The first-order chi connectivity index (χ1) is 5.81. The van der Waals surface area contributed by atoms with Crippen LogP contribution in [0.3, 0.4) is 0 Å². The molecule has 0 radical (unpaired) electrons. The number of carbonyl (C=O) groups is 1. The van der Waals surface area contributed by atoms with Crippen LogP contribution in [0.2, 0.25) is 0 Å². The Labute approximate surface area is 71.9 Å². The van der Waals surface area contributed by atoms with Gasteiger partial charge >= 0.3 is 6.09 Å². The molecule has 4 heteroatoms. The summed E-state index contributed by atoms with van der Waals surface area (Å²) >= 11 is 0. The van der Waals surface area contributed by atoms with E-state index in [9.17, 15) is 4.79 Å². The first-order valence-electron chi connectivity index (χ1n) is 3.87. The summed E-state index contributed by atoms with van der Waals surface area (Å²) in [6.45, 7) is 2.39. The van der Waals surface area contributed by atoms with Crippen LogP contribution < -0.4 is 0 Å². The molecule has 0 aliphatic heterocycles. The van der Waals surface area contributed by atoms with Crippen molar-refractivity contribution in [2.24, 2.45) is 5.18 Å². The van der Waals surface area contributed by atoms with Crippen LogP contribution in [0.15, 0.2) is 17.3 Å². The zero-order valence-electron chi connectivity index (χ0n) is 7.45. The van der Waals surface area contributed by atoms with Crippen LogP contribution in [0.1, 0.15) is 19.8 Å². The van der Waals surface area contributed by atoms with Crippen molar-refractivity contribution in [2.45, 2.75) is 19.8 Å². The molecule has 0 heterocycles. The van der Waals surface area contributed by atoms with Crippen LogP contribution in [0.5, 0.6) is 0 Å². The molecule has 0 spiro atoms. The Balaban J connectivity index is 3.31. The van der Waals surface area contributed by atoms with Gasteiger partial charge in [0.15, 0.2) is 0 Å². The summed E-state index contributed by atoms with van der Waals surface area (Å²) in [6.07, 6.45) is 5.01. The van der Waals surface area contributed by atoms with E-state index in [1.165, 1.54) is 7.11 Å². The number of hydrogen-bond donors (Lipinski definition) is 0. The zero-order valence-corrected chi connectivity index (χ0v) is 7.45. The van der Waals surface area contributed by atoms with Crippen LogP contribution in [-0.4, -0.2) is 19.8 Å². The number of hydrogen-bond acceptors (Lipinski definition) is 2. The lowest BCUT2D eigenvalue weighted by atomic mass is 10.3. The van der Waals surface area contributed by atoms with Gasteiger partial charge in [0.25, 0.3) is 7.11 Å². The monoisotopic (exact) mass is 172 g/mol. The van der Waals surface area contributed by atoms with Gasteiger partial charge in [-0.2, -0.15) is 0 Å². The van der Waals surface area contributed by atoms with Gasteiger partial charge in [0.2, 0.25) is 5.18 Å². The van der Waals surface area contributed by atoms with E-state index in [4.69, 9.17) is 0 Å². The second-order valence-electron chi connectivity index (χ2n) is 2.06. The molecular formula is C8H14NO3+. The lowest BCUT2D eigenvalue weighted by Crippen LogP contribution is -1.98. The average Bonchev–Trinajstić information content (AvgIpc) is 2.05. The van der Waals surface area contributed by atoms with Gasteiger partial charge in [-0.15, -0.1) is 4.54 Å². The maximum Gasteiger partial charge on any atom is 0.523 e. The fourth-order valence-electron chi connectivity index (χ4n) is 0.600. The first kappa shape index (κ1) is 10.8. The van der Waals surface area contributed by atoms with Crippen molar-refractivity contribution in [2.75, 3.05) is 13.7 Å². The topological polar surface area (TPSA) is 50.0 Å². The number of nitroso groups, excluding NO2 is 1. The van der Waals surface area contributed by atoms with Gasteiger partial charge in [0.05, 0.1) is 6.61 Å². The Morgan fingerprint density at radius 1 is 1.58 bits per heavy atom. The number of nitrogens with zero attached hydrogens (tertiary/aromatic N) is 1. The summed E-state index contributed by atoms with van der Waals surface area (Å²) in [4.78, 5) is 10.5. The van der Waals surface area contributed by atoms with Crippen LogP contribution in [0.4, 0.5) is 4.79 Å². The van der Waals surface area contributed by atoms with Crippen molar-refractivity contribution in [1.29, 1.82) is 0 Å². The van der Waals surface area contributed by atoms with Crippen molar-refractivity contribution in [3.8, 4) is 0 Å². The molecule has 0 aromatic carbocycles. The molecule has 0 rings (SSSR count). The normalized spacial score (nSPS) is 11.2. The first-order valence-corrected chi connectivity index (χ1v) is 3.87. The van der Waals surface area contributed by atoms with E-state index in [1.807, 2.05) is 19.1 Å². The second-order valence-corrected chi connectivity index (χ2v) is 2.06. The molecule has 0 aliphatic carbocycles. The highest BCUT2D eigenvalue weighted by Gasteiger charge is 2.03. The Hall–Kier alpha value is -1.19. The van der Waals surface area contributed by atoms with E-state index >= 15 is 0 Å². The quantitative estimate of drug-likeness (QED) is 0.371. The summed E-state index contributed by atoms with van der Waals surface area (Å²) in [6, 6.07) is 0. The van der Waals surface area contributed by atoms with Gasteiger partial charge in [0.1, 0.15) is 0 Å². The van der Waals surface area contributed by atoms with Crippen LogP contribution in [0, 0.1) is 4.54 Å². The van der Waals surface area contributed by atoms with Gasteiger partial charge in [-0.25, -0.2) is 4.79 Å². The molecule has 0 atom stereocenters. The van der Waals surface area contributed by atoms with Gasteiger partial charge in [-0.3, -0.25) is 0 Å². The minimum absolute atomic E-state index is 0.349. The summed E-state index contributed by atoms with van der Waals surface area (Å²) in [7, 11) is 1.30. The van der Waals surface area contributed by atoms with E-state index < -0.39 is 6.09 Å². The Kier molecular flexibility index (Phi) is 7.13. The van der Waals surface area contributed by atoms with E-state index in [2.05, 4.69) is 14.5 Å². The third kappa shape index (κ3) is 6.92. The third-order valence-electron chi connectivity index (χ3n) is 1.08. The average molecular weight is 172 g/mol. The summed E-state index contributed by atoms with van der Waals surface area (Å²) < 4.78 is 8.86. The van der Waals surface area contributed by atoms with Crippen molar-refractivity contribution >= 4 is 6.09 Å². The molecule has 0 aromatic heterocycles. The SMILES string of the molecule is CC/C=C/CCOC(=O)N=[O+]C. The van der Waals surface area contributed by atoms with Crippen LogP contribution >= 0.6 is 0 Å². The molecule has 0 aliphatic rings. The highest BCUT2D eigenvalue weighted by molar-refractivity contribution is 5.68. The number of rotatable bonds is 4. The zero-order chi connectivity index (χ0) is 9.23. The van der Waals surface area contributed by atoms with Gasteiger partial charge in [0, 0.05) is 0 Å². The number of ether oxygens (including phenoxy) is 1. The summed E-state index contributed by atoms with van der Waals surface area (Å²) in [5.74, 6) is 0. The van der Waals surface area contributed by atoms with Crippen molar-refractivity contribution in [1.82, 2.24) is 0 Å². The van der Waals surface area contributed by atoms with E-state index in [-0.39, 0.29) is 0 Å². The largest absolute Gasteiger partial charge is 0.523 e. The third-order valence-corrected chi connectivity index (χ3v) is 1.08. The standard InChI is InChI=1S/C8H14NO3/c1-3-4-5-6-7-12-8(10)9-11-2/h4-5H,3,6-7H2,1-2H3/q+1/b5-4+. The highest BCUT2D eigenvalue weighted by atomic mass is 16.6. The molecular weight excluding hydrogens is 158 g/mol. The minimum atomic E-state index is -0.678. The number of allylic oxidation sites excluding steroid dienone is 1. The predicted molar refractivity (Wildman–Crippen MR) is 47.1 cm³/mol. The molecule has 4 nitrogen and oxygen atoms in total. The molecule has 0 saturated carbocycles. The molecule has 1 amide bonds. The lowest BCUT2D eigenvalue weighted by molar-refractivity contribution is 0.158. The number of carbonyl (C=O) groups excluding carboxylic acids is 1. The van der Waals surface area contributed by atoms with E-state index in [0.717, 1.165) is 12.8 Å². The molecule has 0 aromatic rings. The van der Waals surface area contributed by atoms with Crippen molar-refractivity contribution < 1.29 is 9.53 Å². The molecule has 0 fully saturated rings. The Morgan fingerprint density at radius 2 is 2.33 bits per heavy atom. The van der Waals surface area contributed by atoms with Crippen molar-refractivity contribution in [3.05, 3.63) is 16.7 Å².